The second-order valence-electron chi connectivity index (χ2n) is 8.87. The molecule has 0 unspecified atom stereocenters. The molecule has 144 valence electrons. The van der Waals surface area contributed by atoms with Crippen molar-refractivity contribution in [3.63, 3.8) is 0 Å². The molecule has 0 saturated heterocycles. The predicted octanol–water partition coefficient (Wildman–Crippen LogP) is 2.40. The van der Waals surface area contributed by atoms with Crippen molar-refractivity contribution in [3.8, 4) is 0 Å². The van der Waals surface area contributed by atoms with Crippen molar-refractivity contribution in [1.82, 2.24) is 19.6 Å². The summed E-state index contributed by atoms with van der Waals surface area (Å²) >= 11 is 0. The summed E-state index contributed by atoms with van der Waals surface area (Å²) in [5, 5.41) is 4.65. The number of nitrogens with two attached hydrogens (primary N) is 1. The highest BCUT2D eigenvalue weighted by atomic mass is 16.1. The van der Waals surface area contributed by atoms with E-state index in [0.29, 0.717) is 24.8 Å². The molecule has 6 heteroatoms. The summed E-state index contributed by atoms with van der Waals surface area (Å²) in [7, 11) is 0. The summed E-state index contributed by atoms with van der Waals surface area (Å²) in [4.78, 5) is 21.6. The number of hydrogen-bond donors (Lipinski definition) is 1. The van der Waals surface area contributed by atoms with Gasteiger partial charge in [-0.2, -0.15) is 5.10 Å². The van der Waals surface area contributed by atoms with Crippen LogP contribution in [0.3, 0.4) is 0 Å². The van der Waals surface area contributed by atoms with E-state index in [1.165, 1.54) is 0 Å². The molecule has 3 aromatic rings. The van der Waals surface area contributed by atoms with Crippen molar-refractivity contribution >= 4 is 11.4 Å². The lowest BCUT2D eigenvalue weighted by Crippen LogP contribution is -2.37. The minimum absolute atomic E-state index is 0.289. The summed E-state index contributed by atoms with van der Waals surface area (Å²) in [5.41, 5.74) is 10.8. The molecule has 0 bridgehead atoms. The number of Topliss-reactive ketones (excluding diaryl/α,β-unsaturated/α-hetero) is 1. The molecule has 0 radical (unpaired) electrons. The van der Waals surface area contributed by atoms with Crippen molar-refractivity contribution < 1.29 is 4.79 Å². The molecule has 6 nitrogen and oxygen atoms in total. The molecule has 0 atom stereocenters. The van der Waals surface area contributed by atoms with E-state index in [9.17, 15) is 4.79 Å². The van der Waals surface area contributed by atoms with Gasteiger partial charge in [0.05, 0.1) is 5.69 Å². The molecule has 2 heterocycles. The van der Waals surface area contributed by atoms with Crippen LogP contribution in [0.4, 0.5) is 0 Å². The van der Waals surface area contributed by atoms with Crippen molar-refractivity contribution in [1.29, 1.82) is 0 Å². The Balaban J connectivity index is 1.40. The van der Waals surface area contributed by atoms with Crippen LogP contribution < -0.4 is 5.73 Å². The van der Waals surface area contributed by atoms with Gasteiger partial charge in [-0.15, -0.1) is 0 Å². The number of aromatic nitrogens is 4. The van der Waals surface area contributed by atoms with Crippen LogP contribution in [0.15, 0.2) is 30.6 Å². The number of fused-ring (bicyclic) bond motifs is 2. The first-order valence-electron chi connectivity index (χ1n) is 10.0. The number of benzene rings is 1. The van der Waals surface area contributed by atoms with Gasteiger partial charge in [0.2, 0.25) is 0 Å². The largest absolute Gasteiger partial charge is 0.328 e. The zero-order chi connectivity index (χ0) is 19.5. The molecule has 28 heavy (non-hydrogen) atoms. The number of carbonyl (C=O) groups excluding carboxylic acids is 1. The molecule has 2 aliphatic carbocycles. The lowest BCUT2D eigenvalue weighted by atomic mass is 9.78. The van der Waals surface area contributed by atoms with Crippen molar-refractivity contribution in [2.24, 2.45) is 11.7 Å². The molecule has 1 aromatic carbocycles. The molecule has 0 amide bonds. The van der Waals surface area contributed by atoms with Crippen LogP contribution in [0.2, 0.25) is 0 Å². The molecule has 2 aliphatic rings. The topological polar surface area (TPSA) is 86.2 Å². The maximum Gasteiger partial charge on any atom is 0.177 e. The lowest BCUT2D eigenvalue weighted by Gasteiger charge is -2.32. The average Bonchev–Trinajstić information content (AvgIpc) is 3.12. The van der Waals surface area contributed by atoms with E-state index < -0.39 is 0 Å². The fraction of sp³-hybridized carbons (Fsp3) is 0.455. The highest BCUT2D eigenvalue weighted by molar-refractivity contribution is 5.95. The second-order valence-corrected chi connectivity index (χ2v) is 8.87. The van der Waals surface area contributed by atoms with E-state index in [2.05, 4.69) is 28.3 Å². The summed E-state index contributed by atoms with van der Waals surface area (Å²) in [6.07, 6.45) is 7.85. The Labute approximate surface area is 164 Å². The van der Waals surface area contributed by atoms with Gasteiger partial charge in [-0.05, 0) is 55.7 Å². The maximum atomic E-state index is 12.3. The van der Waals surface area contributed by atoms with E-state index >= 15 is 0 Å². The quantitative estimate of drug-likeness (QED) is 0.757. The van der Waals surface area contributed by atoms with Crippen LogP contribution in [0.25, 0.3) is 5.65 Å². The second kappa shape index (κ2) is 6.21. The smallest absolute Gasteiger partial charge is 0.177 e. The van der Waals surface area contributed by atoms with Gasteiger partial charge in [-0.3, -0.25) is 9.78 Å². The Morgan fingerprint density at radius 3 is 2.89 bits per heavy atom. The zero-order valence-corrected chi connectivity index (χ0v) is 16.4. The van der Waals surface area contributed by atoms with E-state index in [0.717, 1.165) is 53.1 Å². The number of nitrogens with zero attached hydrogens (tertiary/aromatic N) is 4. The van der Waals surface area contributed by atoms with Crippen molar-refractivity contribution in [2.45, 2.75) is 57.4 Å². The van der Waals surface area contributed by atoms with Gasteiger partial charge >= 0.3 is 0 Å². The third-order valence-electron chi connectivity index (χ3n) is 6.38. The Morgan fingerprint density at radius 2 is 2.11 bits per heavy atom. The van der Waals surface area contributed by atoms with E-state index in [1.54, 1.807) is 6.20 Å². The minimum atomic E-state index is -0.375. The van der Waals surface area contributed by atoms with Gasteiger partial charge in [0.1, 0.15) is 5.78 Å². The van der Waals surface area contributed by atoms with Crippen molar-refractivity contribution in [2.75, 3.05) is 0 Å². The van der Waals surface area contributed by atoms with Crippen LogP contribution in [0.1, 0.15) is 54.9 Å². The van der Waals surface area contributed by atoms with Crippen LogP contribution in [0.5, 0.6) is 0 Å². The fourth-order valence-electron chi connectivity index (χ4n) is 4.60. The van der Waals surface area contributed by atoms with Crippen molar-refractivity contribution in [3.05, 3.63) is 58.8 Å². The fourth-order valence-corrected chi connectivity index (χ4v) is 4.60. The third-order valence-corrected chi connectivity index (χ3v) is 6.38. The van der Waals surface area contributed by atoms with Gasteiger partial charge in [-0.1, -0.05) is 18.2 Å². The monoisotopic (exact) mass is 375 g/mol. The number of rotatable bonds is 4. The van der Waals surface area contributed by atoms with Gasteiger partial charge in [0, 0.05) is 36.7 Å². The van der Waals surface area contributed by atoms with Crippen LogP contribution >= 0.6 is 0 Å². The molecule has 1 saturated carbocycles. The first kappa shape index (κ1) is 17.5. The molecule has 0 spiro atoms. The predicted molar refractivity (Wildman–Crippen MR) is 106 cm³/mol. The Bertz CT molecular complexity index is 1080. The molecule has 2 N–H and O–H groups in total. The SMILES string of the molecule is CC1(C)C(=O)Cc2cc(Cc3nc4c(CC5CC(N)C5)nccn4n3)ccc21. The van der Waals surface area contributed by atoms with E-state index in [4.69, 9.17) is 10.7 Å². The standard InChI is InChI=1S/C22H25N5O/c1-22(2)17-4-3-13(7-15(17)12-19(22)28)11-20-25-21-18(10-14-8-16(23)9-14)24-5-6-27(21)26-20/h3-7,14,16H,8-12,23H2,1-2H3. The molecule has 1 fully saturated rings. The summed E-state index contributed by atoms with van der Waals surface area (Å²) in [6.45, 7) is 4.02. The Kier molecular flexibility index (Phi) is 3.88. The van der Waals surface area contributed by atoms with Gasteiger partial charge < -0.3 is 5.73 Å². The maximum absolute atomic E-state index is 12.3. The van der Waals surface area contributed by atoms with Gasteiger partial charge in [0.25, 0.3) is 0 Å². The zero-order valence-electron chi connectivity index (χ0n) is 16.4. The molecular weight excluding hydrogens is 350 g/mol. The van der Waals surface area contributed by atoms with Crippen LogP contribution in [-0.4, -0.2) is 31.4 Å². The molecular formula is C22H25N5O. The van der Waals surface area contributed by atoms with Crippen LogP contribution in [0, 0.1) is 5.92 Å². The molecule has 0 aliphatic heterocycles. The number of hydrogen-bond acceptors (Lipinski definition) is 5. The molecule has 2 aromatic heterocycles. The summed E-state index contributed by atoms with van der Waals surface area (Å²) in [5.74, 6) is 1.67. The van der Waals surface area contributed by atoms with E-state index in [-0.39, 0.29) is 11.2 Å². The highest BCUT2D eigenvalue weighted by Gasteiger charge is 2.37. The third kappa shape index (κ3) is 2.83. The number of carbonyl (C=O) groups is 1. The Morgan fingerprint density at radius 1 is 1.29 bits per heavy atom. The van der Waals surface area contributed by atoms with E-state index in [1.807, 2.05) is 24.6 Å². The van der Waals surface area contributed by atoms with Gasteiger partial charge in [0.15, 0.2) is 11.5 Å². The molecule has 5 rings (SSSR count). The summed E-state index contributed by atoms with van der Waals surface area (Å²) < 4.78 is 1.83. The first-order valence-corrected chi connectivity index (χ1v) is 10.0. The van der Waals surface area contributed by atoms with Crippen LogP contribution in [-0.2, 0) is 29.5 Å². The normalized spacial score (nSPS) is 23.0. The lowest BCUT2D eigenvalue weighted by molar-refractivity contribution is -0.121. The summed E-state index contributed by atoms with van der Waals surface area (Å²) in [6, 6.07) is 6.68. The number of ketones is 1. The average molecular weight is 375 g/mol. The van der Waals surface area contributed by atoms with Gasteiger partial charge in [-0.25, -0.2) is 9.50 Å². The first-order chi connectivity index (χ1) is 13.4. The minimum Gasteiger partial charge on any atom is -0.328 e. The highest BCUT2D eigenvalue weighted by Crippen LogP contribution is 2.36. The Hall–Kier alpha value is -2.60.